The van der Waals surface area contributed by atoms with E-state index in [0.717, 1.165) is 24.1 Å². The molecule has 3 N–H and O–H groups in total. The quantitative estimate of drug-likeness (QED) is 0.585. The third-order valence-corrected chi connectivity index (χ3v) is 4.50. The highest BCUT2D eigenvalue weighted by molar-refractivity contribution is 5.91. The van der Waals surface area contributed by atoms with Gasteiger partial charge in [0, 0.05) is 0 Å². The summed E-state index contributed by atoms with van der Waals surface area (Å²) < 4.78 is 39.8. The SMILES string of the molecule is CCc1ccc([C@H](C)NC(=O)C[NH+](C)CC(=O)Nc2ccc(F)c(F)c2F)cc1. The van der Waals surface area contributed by atoms with Gasteiger partial charge in [0.15, 0.2) is 30.5 Å². The smallest absolute Gasteiger partial charge is 0.279 e. The number of nitrogens with one attached hydrogen (secondary N) is 3. The first-order valence-corrected chi connectivity index (χ1v) is 9.34. The van der Waals surface area contributed by atoms with E-state index >= 15 is 0 Å². The number of amides is 2. The van der Waals surface area contributed by atoms with Crippen LogP contribution in [-0.2, 0) is 16.0 Å². The zero-order valence-electron chi connectivity index (χ0n) is 16.6. The van der Waals surface area contributed by atoms with Crippen LogP contribution in [0.25, 0.3) is 0 Å². The molecule has 2 rings (SSSR count). The van der Waals surface area contributed by atoms with E-state index in [-0.39, 0.29) is 25.0 Å². The molecule has 0 spiro atoms. The number of carbonyl (C=O) groups is 2. The molecule has 0 aliphatic carbocycles. The number of hydrogen-bond acceptors (Lipinski definition) is 2. The van der Waals surface area contributed by atoms with Crippen LogP contribution < -0.4 is 15.5 Å². The molecule has 0 saturated carbocycles. The minimum atomic E-state index is -1.65. The molecule has 0 aliphatic heterocycles. The van der Waals surface area contributed by atoms with Crippen molar-refractivity contribution in [3.05, 3.63) is 65.0 Å². The second kappa shape index (κ2) is 10.1. The van der Waals surface area contributed by atoms with E-state index in [4.69, 9.17) is 0 Å². The zero-order chi connectivity index (χ0) is 21.6. The zero-order valence-corrected chi connectivity index (χ0v) is 16.6. The van der Waals surface area contributed by atoms with Crippen molar-refractivity contribution in [1.29, 1.82) is 0 Å². The van der Waals surface area contributed by atoms with Gasteiger partial charge in [-0.3, -0.25) is 9.59 Å². The van der Waals surface area contributed by atoms with E-state index in [9.17, 15) is 22.8 Å². The molecule has 0 aliphatic rings. The second-order valence-electron chi connectivity index (χ2n) is 6.97. The van der Waals surface area contributed by atoms with Crippen LogP contribution in [0.1, 0.15) is 31.0 Å². The number of benzene rings is 2. The molecule has 2 amide bonds. The summed E-state index contributed by atoms with van der Waals surface area (Å²) in [5.41, 5.74) is 1.73. The Hall–Kier alpha value is -2.87. The Morgan fingerprint density at radius 3 is 2.21 bits per heavy atom. The van der Waals surface area contributed by atoms with Gasteiger partial charge in [-0.2, -0.15) is 0 Å². The van der Waals surface area contributed by atoms with Gasteiger partial charge in [0.05, 0.1) is 18.8 Å². The first-order chi connectivity index (χ1) is 13.7. The van der Waals surface area contributed by atoms with E-state index < -0.39 is 29.0 Å². The summed E-state index contributed by atoms with van der Waals surface area (Å²) in [5.74, 6) is -5.32. The first kappa shape index (κ1) is 22.4. The van der Waals surface area contributed by atoms with Gasteiger partial charge in [0.25, 0.3) is 11.8 Å². The van der Waals surface area contributed by atoms with E-state index in [2.05, 4.69) is 17.6 Å². The van der Waals surface area contributed by atoms with E-state index in [1.807, 2.05) is 31.2 Å². The lowest BCUT2D eigenvalue weighted by molar-refractivity contribution is -0.862. The van der Waals surface area contributed by atoms with Crippen molar-refractivity contribution in [2.24, 2.45) is 0 Å². The first-order valence-electron chi connectivity index (χ1n) is 9.34. The van der Waals surface area contributed by atoms with Crippen LogP contribution in [-0.4, -0.2) is 32.0 Å². The van der Waals surface area contributed by atoms with E-state index in [1.165, 1.54) is 5.56 Å². The van der Waals surface area contributed by atoms with Crippen LogP contribution in [0.5, 0.6) is 0 Å². The van der Waals surface area contributed by atoms with Gasteiger partial charge in [0.2, 0.25) is 0 Å². The summed E-state index contributed by atoms with van der Waals surface area (Å²) in [6.07, 6.45) is 0.936. The van der Waals surface area contributed by atoms with E-state index in [1.54, 1.807) is 7.05 Å². The minimum absolute atomic E-state index is 0.0189. The van der Waals surface area contributed by atoms with Crippen LogP contribution >= 0.6 is 0 Å². The van der Waals surface area contributed by atoms with Gasteiger partial charge in [-0.05, 0) is 36.6 Å². The molecule has 2 atom stereocenters. The molecule has 0 fully saturated rings. The lowest BCUT2D eigenvalue weighted by atomic mass is 10.1. The van der Waals surface area contributed by atoms with Crippen molar-refractivity contribution in [1.82, 2.24) is 5.32 Å². The van der Waals surface area contributed by atoms with Crippen molar-refractivity contribution in [3.8, 4) is 0 Å². The summed E-state index contributed by atoms with van der Waals surface area (Å²) >= 11 is 0. The van der Waals surface area contributed by atoms with Crippen LogP contribution in [0, 0.1) is 17.5 Å². The Morgan fingerprint density at radius 2 is 1.59 bits per heavy atom. The Balaban J connectivity index is 1.84. The summed E-state index contributed by atoms with van der Waals surface area (Å²) in [6, 6.07) is 9.43. The highest BCUT2D eigenvalue weighted by atomic mass is 19.2. The van der Waals surface area contributed by atoms with Gasteiger partial charge >= 0.3 is 0 Å². The monoisotopic (exact) mass is 408 g/mol. The molecular weight excluding hydrogens is 383 g/mol. The number of rotatable bonds is 8. The lowest BCUT2D eigenvalue weighted by Gasteiger charge is -2.17. The fourth-order valence-corrected chi connectivity index (χ4v) is 2.85. The van der Waals surface area contributed by atoms with Crippen LogP contribution in [0.3, 0.4) is 0 Å². The third-order valence-electron chi connectivity index (χ3n) is 4.50. The predicted molar refractivity (Wildman–Crippen MR) is 104 cm³/mol. The average molecular weight is 408 g/mol. The molecule has 29 heavy (non-hydrogen) atoms. The normalized spacial score (nSPS) is 12.9. The molecule has 156 valence electrons. The van der Waals surface area contributed by atoms with Gasteiger partial charge in [-0.25, -0.2) is 13.2 Å². The highest BCUT2D eigenvalue weighted by Gasteiger charge is 2.19. The van der Waals surface area contributed by atoms with Crippen molar-refractivity contribution in [2.45, 2.75) is 26.3 Å². The minimum Gasteiger partial charge on any atom is -0.345 e. The molecule has 1 unspecified atom stereocenters. The van der Waals surface area contributed by atoms with Gasteiger partial charge in [0.1, 0.15) is 0 Å². The lowest BCUT2D eigenvalue weighted by Crippen LogP contribution is -3.11. The Morgan fingerprint density at radius 1 is 0.966 bits per heavy atom. The van der Waals surface area contributed by atoms with Crippen molar-refractivity contribution < 1.29 is 27.7 Å². The van der Waals surface area contributed by atoms with Crippen LogP contribution in [0.2, 0.25) is 0 Å². The molecule has 0 radical (unpaired) electrons. The topological polar surface area (TPSA) is 62.6 Å². The molecule has 0 aromatic heterocycles. The van der Waals surface area contributed by atoms with Gasteiger partial charge < -0.3 is 15.5 Å². The maximum Gasteiger partial charge on any atom is 0.279 e. The fourth-order valence-electron chi connectivity index (χ4n) is 2.85. The van der Waals surface area contributed by atoms with Crippen molar-refractivity contribution >= 4 is 17.5 Å². The van der Waals surface area contributed by atoms with Gasteiger partial charge in [-0.15, -0.1) is 0 Å². The second-order valence-corrected chi connectivity index (χ2v) is 6.97. The van der Waals surface area contributed by atoms with Crippen molar-refractivity contribution in [3.63, 3.8) is 0 Å². The number of anilines is 1. The standard InChI is InChI=1S/C21H24F3N3O2/c1-4-14-5-7-15(8-6-14)13(2)25-18(28)11-27(3)12-19(29)26-17-10-9-16(22)20(23)21(17)24/h5-10,13H,4,11-12H2,1-3H3,(H,25,28)(H,26,29)/p+1/t13-/m0/s1. The molecule has 0 saturated heterocycles. The van der Waals surface area contributed by atoms with Gasteiger partial charge in [-0.1, -0.05) is 31.2 Å². The van der Waals surface area contributed by atoms with Crippen LogP contribution in [0.15, 0.2) is 36.4 Å². The summed E-state index contributed by atoms with van der Waals surface area (Å²) in [7, 11) is 1.63. The highest BCUT2D eigenvalue weighted by Crippen LogP contribution is 2.19. The fraction of sp³-hybridized carbons (Fsp3) is 0.333. The number of halogens is 3. The summed E-state index contributed by atoms with van der Waals surface area (Å²) in [5, 5.41) is 5.05. The Kier molecular flexibility index (Phi) is 7.78. The Labute approximate surface area is 167 Å². The maximum atomic E-state index is 13.6. The molecule has 5 nitrogen and oxygen atoms in total. The largest absolute Gasteiger partial charge is 0.345 e. The van der Waals surface area contributed by atoms with Crippen LogP contribution in [0.4, 0.5) is 18.9 Å². The predicted octanol–water partition coefficient (Wildman–Crippen LogP) is 2.00. The maximum absolute atomic E-state index is 13.6. The molecule has 8 heteroatoms. The van der Waals surface area contributed by atoms with Crippen molar-refractivity contribution in [2.75, 3.05) is 25.5 Å². The number of likely N-dealkylation sites (N-methyl/N-ethyl adjacent to an activating group) is 1. The third kappa shape index (κ3) is 6.32. The average Bonchev–Trinajstić information content (AvgIpc) is 2.68. The molecular formula is C21H25F3N3O2+. The molecule has 0 heterocycles. The number of quaternary nitrogens is 1. The molecule has 0 bridgehead atoms. The number of carbonyl (C=O) groups excluding carboxylic acids is 2. The summed E-state index contributed by atoms with van der Waals surface area (Å²) in [4.78, 5) is 24.8. The van der Waals surface area contributed by atoms with E-state index in [0.29, 0.717) is 4.90 Å². The Bertz CT molecular complexity index is 872. The molecule has 2 aromatic rings. The summed E-state index contributed by atoms with van der Waals surface area (Å²) in [6.45, 7) is 3.80. The molecule has 2 aromatic carbocycles. The number of hydrogen-bond donors (Lipinski definition) is 3. The number of aryl methyl sites for hydroxylation is 1.